The molecule has 0 aromatic carbocycles. The highest BCUT2D eigenvalue weighted by molar-refractivity contribution is 7.15. The van der Waals surface area contributed by atoms with Crippen LogP contribution in [-0.4, -0.2) is 49.2 Å². The van der Waals surface area contributed by atoms with E-state index in [2.05, 4.69) is 28.6 Å². The molecule has 0 radical (unpaired) electrons. The van der Waals surface area contributed by atoms with Crippen molar-refractivity contribution in [2.45, 2.75) is 13.8 Å². The second-order valence-electron chi connectivity index (χ2n) is 4.26. The third kappa shape index (κ3) is 2.53. The largest absolute Gasteiger partial charge is 0.346 e. The predicted octanol–water partition coefficient (Wildman–Crippen LogP) is 0.841. The van der Waals surface area contributed by atoms with Crippen LogP contribution in [0.3, 0.4) is 0 Å². The fourth-order valence-corrected chi connectivity index (χ4v) is 2.90. The van der Waals surface area contributed by atoms with Gasteiger partial charge in [-0.15, -0.1) is 11.3 Å². The molecular weight excluding hydrogens is 220 g/mol. The van der Waals surface area contributed by atoms with Crippen molar-refractivity contribution in [3.63, 3.8) is 0 Å². The molecule has 0 amide bonds. The standard InChI is InChI=1S/C11H20N4S/c1-9-10(2)16-11(13-9)15-7-5-14(4-3-12)6-8-15/h3-8,12H2,1-2H3. The van der Waals surface area contributed by atoms with Gasteiger partial charge in [-0.25, -0.2) is 4.98 Å². The number of rotatable bonds is 3. The smallest absolute Gasteiger partial charge is 0.185 e. The van der Waals surface area contributed by atoms with Gasteiger partial charge in [0.2, 0.25) is 0 Å². The van der Waals surface area contributed by atoms with Crippen LogP contribution in [0.15, 0.2) is 0 Å². The monoisotopic (exact) mass is 240 g/mol. The molecule has 0 spiro atoms. The Hall–Kier alpha value is -0.650. The van der Waals surface area contributed by atoms with Crippen molar-refractivity contribution in [1.29, 1.82) is 0 Å². The minimum Gasteiger partial charge on any atom is -0.346 e. The number of nitrogens with two attached hydrogens (primary N) is 1. The van der Waals surface area contributed by atoms with Crippen molar-refractivity contribution in [3.8, 4) is 0 Å². The summed E-state index contributed by atoms with van der Waals surface area (Å²) in [6.07, 6.45) is 0. The first-order valence-electron chi connectivity index (χ1n) is 5.82. The minimum absolute atomic E-state index is 0.759. The van der Waals surface area contributed by atoms with Crippen molar-refractivity contribution < 1.29 is 0 Å². The summed E-state index contributed by atoms with van der Waals surface area (Å²) < 4.78 is 0. The van der Waals surface area contributed by atoms with Gasteiger partial charge >= 0.3 is 0 Å². The maximum absolute atomic E-state index is 5.56. The Morgan fingerprint density at radius 1 is 1.25 bits per heavy atom. The van der Waals surface area contributed by atoms with Crippen LogP contribution in [0.25, 0.3) is 0 Å². The van der Waals surface area contributed by atoms with E-state index in [1.165, 1.54) is 15.7 Å². The number of thiazole rings is 1. The Balaban J connectivity index is 1.93. The van der Waals surface area contributed by atoms with Crippen LogP contribution in [0.2, 0.25) is 0 Å². The normalized spacial score (nSPS) is 18.1. The Morgan fingerprint density at radius 3 is 2.44 bits per heavy atom. The molecule has 0 atom stereocenters. The lowest BCUT2D eigenvalue weighted by Gasteiger charge is -2.34. The highest BCUT2D eigenvalue weighted by atomic mass is 32.1. The van der Waals surface area contributed by atoms with Crippen LogP contribution >= 0.6 is 11.3 Å². The van der Waals surface area contributed by atoms with Crippen molar-refractivity contribution in [2.24, 2.45) is 5.73 Å². The van der Waals surface area contributed by atoms with Gasteiger partial charge in [0, 0.05) is 44.1 Å². The zero-order valence-electron chi connectivity index (χ0n) is 10.1. The van der Waals surface area contributed by atoms with E-state index in [9.17, 15) is 0 Å². The molecule has 1 aromatic heterocycles. The number of piperazine rings is 1. The highest BCUT2D eigenvalue weighted by Gasteiger charge is 2.19. The van der Waals surface area contributed by atoms with Gasteiger partial charge in [-0.3, -0.25) is 4.90 Å². The van der Waals surface area contributed by atoms with Crippen LogP contribution in [-0.2, 0) is 0 Å². The van der Waals surface area contributed by atoms with Crippen LogP contribution < -0.4 is 10.6 Å². The number of hydrogen-bond acceptors (Lipinski definition) is 5. The molecule has 90 valence electrons. The molecule has 0 aliphatic carbocycles. The van der Waals surface area contributed by atoms with Gasteiger partial charge in [0.25, 0.3) is 0 Å². The second kappa shape index (κ2) is 5.12. The third-order valence-electron chi connectivity index (χ3n) is 3.11. The van der Waals surface area contributed by atoms with Crippen molar-refractivity contribution in [2.75, 3.05) is 44.2 Å². The summed E-state index contributed by atoms with van der Waals surface area (Å²) in [6.45, 7) is 10.4. The summed E-state index contributed by atoms with van der Waals surface area (Å²) in [5.74, 6) is 0. The lowest BCUT2D eigenvalue weighted by atomic mass is 10.3. The van der Waals surface area contributed by atoms with Crippen LogP contribution in [0.4, 0.5) is 5.13 Å². The van der Waals surface area contributed by atoms with Crippen LogP contribution in [0, 0.1) is 13.8 Å². The Morgan fingerprint density at radius 2 is 1.94 bits per heavy atom. The Bertz CT molecular complexity index is 322. The number of aryl methyl sites for hydroxylation is 2. The summed E-state index contributed by atoms with van der Waals surface area (Å²) in [5, 5.41) is 1.18. The van der Waals surface area contributed by atoms with E-state index in [4.69, 9.17) is 5.73 Å². The molecule has 0 bridgehead atoms. The first-order valence-corrected chi connectivity index (χ1v) is 6.63. The molecule has 0 saturated carbocycles. The first kappa shape index (κ1) is 11.8. The molecule has 0 unspecified atom stereocenters. The van der Waals surface area contributed by atoms with Crippen LogP contribution in [0.1, 0.15) is 10.6 Å². The summed E-state index contributed by atoms with van der Waals surface area (Å²) in [7, 11) is 0. The summed E-state index contributed by atoms with van der Waals surface area (Å²) in [5.41, 5.74) is 6.73. The molecule has 2 N–H and O–H groups in total. The SMILES string of the molecule is Cc1nc(N2CCN(CCN)CC2)sc1C. The molecular formula is C11H20N4S. The van der Waals surface area contributed by atoms with E-state index in [0.717, 1.165) is 39.3 Å². The molecule has 2 heterocycles. The number of aromatic nitrogens is 1. The second-order valence-corrected chi connectivity index (χ2v) is 5.44. The maximum atomic E-state index is 5.56. The maximum Gasteiger partial charge on any atom is 0.185 e. The van der Waals surface area contributed by atoms with Gasteiger partial charge in [-0.2, -0.15) is 0 Å². The van der Waals surface area contributed by atoms with E-state index in [1.807, 2.05) is 11.3 Å². The summed E-state index contributed by atoms with van der Waals surface area (Å²) in [6, 6.07) is 0. The van der Waals surface area contributed by atoms with Gasteiger partial charge in [-0.1, -0.05) is 0 Å². The fourth-order valence-electron chi connectivity index (χ4n) is 1.94. The molecule has 1 saturated heterocycles. The van der Waals surface area contributed by atoms with Crippen molar-refractivity contribution in [1.82, 2.24) is 9.88 Å². The molecule has 1 fully saturated rings. The van der Waals surface area contributed by atoms with Crippen LogP contribution in [0.5, 0.6) is 0 Å². The van der Waals surface area contributed by atoms with E-state index in [1.54, 1.807) is 0 Å². The number of nitrogens with zero attached hydrogens (tertiary/aromatic N) is 3. The average molecular weight is 240 g/mol. The molecule has 16 heavy (non-hydrogen) atoms. The molecule has 5 heteroatoms. The van der Waals surface area contributed by atoms with Crippen molar-refractivity contribution >= 4 is 16.5 Å². The molecule has 1 aliphatic heterocycles. The Kier molecular flexibility index (Phi) is 3.78. The zero-order chi connectivity index (χ0) is 11.5. The zero-order valence-corrected chi connectivity index (χ0v) is 10.9. The topological polar surface area (TPSA) is 45.4 Å². The van der Waals surface area contributed by atoms with Crippen molar-refractivity contribution in [3.05, 3.63) is 10.6 Å². The molecule has 4 nitrogen and oxygen atoms in total. The molecule has 1 aliphatic rings. The van der Waals surface area contributed by atoms with Gasteiger partial charge in [0.15, 0.2) is 5.13 Å². The van der Waals surface area contributed by atoms with Gasteiger partial charge in [-0.05, 0) is 13.8 Å². The van der Waals surface area contributed by atoms with E-state index in [-0.39, 0.29) is 0 Å². The summed E-state index contributed by atoms with van der Waals surface area (Å²) >= 11 is 1.81. The van der Waals surface area contributed by atoms with E-state index in [0.29, 0.717) is 0 Å². The fraction of sp³-hybridized carbons (Fsp3) is 0.727. The summed E-state index contributed by atoms with van der Waals surface area (Å²) in [4.78, 5) is 10.7. The van der Waals surface area contributed by atoms with E-state index < -0.39 is 0 Å². The first-order chi connectivity index (χ1) is 7.70. The van der Waals surface area contributed by atoms with Gasteiger partial charge in [0.05, 0.1) is 5.69 Å². The number of anilines is 1. The van der Waals surface area contributed by atoms with Gasteiger partial charge < -0.3 is 10.6 Å². The van der Waals surface area contributed by atoms with E-state index >= 15 is 0 Å². The predicted molar refractivity (Wildman–Crippen MR) is 69.3 cm³/mol. The average Bonchev–Trinajstić information content (AvgIpc) is 2.61. The quantitative estimate of drug-likeness (QED) is 0.850. The lowest BCUT2D eigenvalue weighted by Crippen LogP contribution is -2.47. The van der Waals surface area contributed by atoms with Gasteiger partial charge in [0.1, 0.15) is 0 Å². The minimum atomic E-state index is 0.759. The highest BCUT2D eigenvalue weighted by Crippen LogP contribution is 2.25. The lowest BCUT2D eigenvalue weighted by molar-refractivity contribution is 0.265. The molecule has 2 rings (SSSR count). The molecule has 1 aromatic rings. The third-order valence-corrected chi connectivity index (χ3v) is 4.24. The number of hydrogen-bond donors (Lipinski definition) is 1. The Labute approximate surface area is 101 Å².